The molecule has 0 bridgehead atoms. The third-order valence-corrected chi connectivity index (χ3v) is 4.48. The van der Waals surface area contributed by atoms with Gasteiger partial charge >= 0.3 is 11.8 Å². The number of aromatic carboxylic acids is 1. The topological polar surface area (TPSA) is 188 Å². The van der Waals surface area contributed by atoms with Gasteiger partial charge in [0.15, 0.2) is 0 Å². The second kappa shape index (κ2) is 8.24. The number of nitrogens with one attached hydrogen (secondary N) is 3. The van der Waals surface area contributed by atoms with Gasteiger partial charge in [0.2, 0.25) is 0 Å². The van der Waals surface area contributed by atoms with Crippen molar-refractivity contribution >= 4 is 39.2 Å². The zero-order valence-electron chi connectivity index (χ0n) is 13.7. The average molecular weight is 407 g/mol. The molecule has 0 saturated carbocycles. The van der Waals surface area contributed by atoms with Gasteiger partial charge in [-0.3, -0.25) is 25.1 Å². The molecule has 2 amide bonds. The maximum atomic E-state index is 12.0. The average Bonchev–Trinajstić information content (AvgIpc) is 2.66. The summed E-state index contributed by atoms with van der Waals surface area (Å²) >= 11 is 0. The lowest BCUT2D eigenvalue weighted by Gasteiger charge is -2.10. The van der Waals surface area contributed by atoms with Gasteiger partial charge < -0.3 is 15.2 Å². The van der Waals surface area contributed by atoms with Gasteiger partial charge in [0, 0.05) is 17.8 Å². The first-order valence-corrected chi connectivity index (χ1v) is 8.77. The summed E-state index contributed by atoms with van der Waals surface area (Å²) in [5.74, 6) is -4.15. The summed E-state index contributed by atoms with van der Waals surface area (Å²) < 4.78 is 24.0. The summed E-state index contributed by atoms with van der Waals surface area (Å²) in [7, 11) is -4.29. The zero-order chi connectivity index (χ0) is 20.9. The second-order valence-corrected chi connectivity index (χ2v) is 6.82. The van der Waals surface area contributed by atoms with Crippen molar-refractivity contribution in [3.05, 3.63) is 64.2 Å². The number of carbonyl (C=O) groups is 3. The molecule has 2 aromatic carbocycles. The van der Waals surface area contributed by atoms with Crippen LogP contribution in [0.2, 0.25) is 0 Å². The van der Waals surface area contributed by atoms with Crippen molar-refractivity contribution in [3.63, 3.8) is 0 Å². The normalized spacial score (nSPS) is 10.7. The van der Waals surface area contributed by atoms with E-state index in [0.29, 0.717) is 0 Å². The van der Waals surface area contributed by atoms with E-state index in [9.17, 15) is 38.0 Å². The van der Waals surface area contributed by atoms with Crippen molar-refractivity contribution in [2.45, 2.75) is 4.90 Å². The van der Waals surface area contributed by atoms with E-state index in [4.69, 9.17) is 0 Å². The lowest BCUT2D eigenvalue weighted by molar-refractivity contribution is -0.384. The van der Waals surface area contributed by atoms with Crippen LogP contribution in [0.3, 0.4) is 0 Å². The van der Waals surface area contributed by atoms with Gasteiger partial charge in [-0.25, -0.2) is 8.42 Å². The van der Waals surface area contributed by atoms with Crippen LogP contribution in [0.15, 0.2) is 53.4 Å². The van der Waals surface area contributed by atoms with Gasteiger partial charge in [-0.05, 0) is 29.8 Å². The molecular formula is C15H11N4O8S-. The third kappa shape index (κ3) is 5.09. The highest BCUT2D eigenvalue weighted by atomic mass is 32.2. The van der Waals surface area contributed by atoms with E-state index in [-0.39, 0.29) is 21.8 Å². The van der Waals surface area contributed by atoms with Crippen LogP contribution in [0.25, 0.3) is 0 Å². The van der Waals surface area contributed by atoms with Crippen LogP contribution < -0.4 is 20.7 Å². The quantitative estimate of drug-likeness (QED) is 0.306. The first-order chi connectivity index (χ1) is 13.1. The number of nitrogens with zero attached hydrogens (tertiary/aromatic N) is 1. The number of amides is 2. The predicted molar refractivity (Wildman–Crippen MR) is 91.0 cm³/mol. The maximum absolute atomic E-state index is 12.0. The Bertz CT molecular complexity index is 1050. The lowest BCUT2D eigenvalue weighted by atomic mass is 10.2. The Hall–Kier alpha value is -3.84. The van der Waals surface area contributed by atoms with Crippen molar-refractivity contribution in [1.29, 1.82) is 0 Å². The van der Waals surface area contributed by atoms with Crippen LogP contribution in [0.5, 0.6) is 0 Å². The van der Waals surface area contributed by atoms with Crippen molar-refractivity contribution in [2.24, 2.45) is 0 Å². The molecule has 146 valence electrons. The fourth-order valence-corrected chi connectivity index (χ4v) is 2.73. The Labute approximate surface area is 157 Å². The molecule has 0 atom stereocenters. The van der Waals surface area contributed by atoms with Crippen LogP contribution in [-0.2, 0) is 19.6 Å². The first kappa shape index (κ1) is 20.5. The van der Waals surface area contributed by atoms with E-state index in [1.54, 1.807) is 10.3 Å². The highest BCUT2D eigenvalue weighted by Gasteiger charge is 2.20. The lowest BCUT2D eigenvalue weighted by Crippen LogP contribution is -2.46. The number of nitro groups is 1. The molecule has 0 aliphatic carbocycles. The fraction of sp³-hybridized carbons (Fsp3) is 0. The molecule has 12 nitrogen and oxygen atoms in total. The number of rotatable bonds is 6. The highest BCUT2D eigenvalue weighted by molar-refractivity contribution is 7.89. The minimum absolute atomic E-state index is 0.0277. The van der Waals surface area contributed by atoms with Gasteiger partial charge in [-0.1, -0.05) is 12.1 Å². The van der Waals surface area contributed by atoms with E-state index in [1.807, 2.05) is 0 Å². The molecule has 0 radical (unpaired) electrons. The van der Waals surface area contributed by atoms with Crippen molar-refractivity contribution in [2.75, 3.05) is 5.32 Å². The Kier molecular flexibility index (Phi) is 6.02. The summed E-state index contributed by atoms with van der Waals surface area (Å²) in [4.78, 5) is 45.4. The number of benzene rings is 2. The number of carboxylic acids is 1. The summed E-state index contributed by atoms with van der Waals surface area (Å²) in [6.07, 6.45) is 0. The second-order valence-electron chi connectivity index (χ2n) is 5.13. The van der Waals surface area contributed by atoms with Crippen LogP contribution in [-0.4, -0.2) is 31.1 Å². The van der Waals surface area contributed by atoms with Crippen LogP contribution in [0, 0.1) is 10.1 Å². The number of carboxylic acid groups (broad SMARTS) is 1. The standard InChI is InChI=1S/C15H12N4O8S/c20-13(16-10-3-1-2-9(8-10)15(22)23)14(21)17-18-28(26,27)12-6-4-11(5-7-12)19(24)25/h1-8,18H,(H,16,20)(H,17,21)(H,22,23)/p-1. The van der Waals surface area contributed by atoms with Crippen molar-refractivity contribution < 1.29 is 32.8 Å². The molecular weight excluding hydrogens is 396 g/mol. The molecule has 0 saturated heterocycles. The molecule has 0 aliphatic heterocycles. The molecule has 0 heterocycles. The van der Waals surface area contributed by atoms with E-state index < -0.39 is 32.7 Å². The van der Waals surface area contributed by atoms with Crippen molar-refractivity contribution in [3.8, 4) is 0 Å². The molecule has 0 spiro atoms. The Morgan fingerprint density at radius 2 is 1.61 bits per heavy atom. The zero-order valence-corrected chi connectivity index (χ0v) is 14.6. The van der Waals surface area contributed by atoms with E-state index in [2.05, 4.69) is 5.32 Å². The van der Waals surface area contributed by atoms with Crippen molar-refractivity contribution in [1.82, 2.24) is 10.3 Å². The molecule has 13 heteroatoms. The largest absolute Gasteiger partial charge is 0.545 e. The number of nitro benzene ring substituents is 1. The Balaban J connectivity index is 2.00. The summed E-state index contributed by atoms with van der Waals surface area (Å²) in [6, 6.07) is 8.65. The highest BCUT2D eigenvalue weighted by Crippen LogP contribution is 2.15. The van der Waals surface area contributed by atoms with Crippen LogP contribution in [0.4, 0.5) is 11.4 Å². The predicted octanol–water partition coefficient (Wildman–Crippen LogP) is -1.09. The summed E-state index contributed by atoms with van der Waals surface area (Å²) in [6.45, 7) is 0. The first-order valence-electron chi connectivity index (χ1n) is 7.29. The summed E-state index contributed by atoms with van der Waals surface area (Å²) in [5, 5.41) is 23.4. The van der Waals surface area contributed by atoms with Gasteiger partial charge in [0.05, 0.1) is 15.8 Å². The molecule has 28 heavy (non-hydrogen) atoms. The fourth-order valence-electron chi connectivity index (χ4n) is 1.89. The number of non-ortho nitro benzene ring substituents is 1. The minimum Gasteiger partial charge on any atom is -0.545 e. The maximum Gasteiger partial charge on any atom is 0.324 e. The van der Waals surface area contributed by atoms with E-state index in [0.717, 1.165) is 30.3 Å². The SMILES string of the molecule is O=C(NNS(=O)(=O)c1ccc([N+](=O)[O-])cc1)C(=O)Nc1cccc(C(=O)[O-])c1. The number of hydrogen-bond acceptors (Lipinski definition) is 8. The molecule has 2 aromatic rings. The Morgan fingerprint density at radius 3 is 2.18 bits per heavy atom. The number of anilines is 1. The van der Waals surface area contributed by atoms with Gasteiger partial charge in [-0.15, -0.1) is 4.83 Å². The van der Waals surface area contributed by atoms with Crippen LogP contribution >= 0.6 is 0 Å². The van der Waals surface area contributed by atoms with E-state index in [1.165, 1.54) is 18.2 Å². The number of carbonyl (C=O) groups excluding carboxylic acids is 3. The smallest absolute Gasteiger partial charge is 0.324 e. The molecule has 2 rings (SSSR count). The van der Waals surface area contributed by atoms with Gasteiger partial charge in [0.1, 0.15) is 0 Å². The molecule has 0 aromatic heterocycles. The summed E-state index contributed by atoms with van der Waals surface area (Å²) in [5.41, 5.74) is 1.07. The van der Waals surface area contributed by atoms with Gasteiger partial charge in [0.25, 0.3) is 15.7 Å². The van der Waals surface area contributed by atoms with Crippen LogP contribution in [0.1, 0.15) is 10.4 Å². The monoisotopic (exact) mass is 407 g/mol. The number of hydrogen-bond donors (Lipinski definition) is 3. The Morgan fingerprint density at radius 1 is 0.964 bits per heavy atom. The molecule has 0 unspecified atom stereocenters. The third-order valence-electron chi connectivity index (χ3n) is 3.22. The molecule has 0 aliphatic rings. The molecule has 0 fully saturated rings. The van der Waals surface area contributed by atoms with Gasteiger partial charge in [-0.2, -0.15) is 0 Å². The molecule has 3 N–H and O–H groups in total. The van der Waals surface area contributed by atoms with E-state index >= 15 is 0 Å². The number of hydrazine groups is 1. The minimum atomic E-state index is -4.29. The number of sulfonamides is 1.